The second-order valence-corrected chi connectivity index (χ2v) is 6.03. The van der Waals surface area contributed by atoms with Gasteiger partial charge >= 0.3 is 11.9 Å². The maximum Gasteiger partial charge on any atom is 0.310 e. The van der Waals surface area contributed by atoms with Crippen LogP contribution >= 0.6 is 0 Å². The first-order valence-corrected chi connectivity index (χ1v) is 7.54. The van der Waals surface area contributed by atoms with E-state index in [4.69, 9.17) is 0 Å². The molecule has 1 aliphatic rings. The minimum absolute atomic E-state index is 0.0555. The molecule has 2 N–H and O–H groups in total. The quantitative estimate of drug-likeness (QED) is 0.842. The van der Waals surface area contributed by atoms with Crippen molar-refractivity contribution in [2.45, 2.75) is 44.9 Å². The predicted octanol–water partition coefficient (Wildman–Crippen LogP) is 3.36. The molecule has 1 aromatic rings. The SMILES string of the molecule is O=C(O)CC(Cc1ccccc1)(C(=O)O)C1CCCCC1. The fourth-order valence-electron chi connectivity index (χ4n) is 3.56. The molecule has 0 aromatic heterocycles. The highest BCUT2D eigenvalue weighted by atomic mass is 16.4. The first-order chi connectivity index (χ1) is 10.0. The van der Waals surface area contributed by atoms with Gasteiger partial charge in [0.1, 0.15) is 0 Å². The Labute approximate surface area is 124 Å². The summed E-state index contributed by atoms with van der Waals surface area (Å²) in [5.74, 6) is -2.06. The number of benzene rings is 1. The zero-order valence-electron chi connectivity index (χ0n) is 12.1. The van der Waals surface area contributed by atoms with Crippen LogP contribution in [0.1, 0.15) is 44.1 Å². The molecule has 1 aliphatic carbocycles. The van der Waals surface area contributed by atoms with Crippen molar-refractivity contribution in [2.24, 2.45) is 11.3 Å². The molecule has 21 heavy (non-hydrogen) atoms. The summed E-state index contributed by atoms with van der Waals surface area (Å²) in [5.41, 5.74) is -0.292. The molecule has 1 aromatic carbocycles. The van der Waals surface area contributed by atoms with E-state index in [9.17, 15) is 19.8 Å². The van der Waals surface area contributed by atoms with Crippen molar-refractivity contribution in [1.82, 2.24) is 0 Å². The molecule has 1 unspecified atom stereocenters. The maximum atomic E-state index is 12.0. The normalized spacial score (nSPS) is 18.9. The molecule has 4 heteroatoms. The molecule has 1 saturated carbocycles. The van der Waals surface area contributed by atoms with Gasteiger partial charge in [0.25, 0.3) is 0 Å². The molecule has 0 saturated heterocycles. The summed E-state index contributed by atoms with van der Waals surface area (Å²) in [5, 5.41) is 19.1. The number of hydrogen-bond acceptors (Lipinski definition) is 2. The van der Waals surface area contributed by atoms with Crippen LogP contribution in [0.5, 0.6) is 0 Å². The summed E-state index contributed by atoms with van der Waals surface area (Å²) < 4.78 is 0. The van der Waals surface area contributed by atoms with Crippen LogP contribution in [0.25, 0.3) is 0 Å². The van der Waals surface area contributed by atoms with Crippen LogP contribution in [0, 0.1) is 11.3 Å². The van der Waals surface area contributed by atoms with E-state index < -0.39 is 17.4 Å². The third-order valence-corrected chi connectivity index (χ3v) is 4.64. The van der Waals surface area contributed by atoms with Crippen molar-refractivity contribution in [1.29, 1.82) is 0 Å². The standard InChI is InChI=1S/C17H22O4/c18-15(19)12-17(16(20)21,14-9-5-2-6-10-14)11-13-7-3-1-4-8-13/h1,3-4,7-8,14H,2,5-6,9-12H2,(H,18,19)(H,20,21). The molecule has 0 heterocycles. The van der Waals surface area contributed by atoms with Crippen molar-refractivity contribution in [2.75, 3.05) is 0 Å². The van der Waals surface area contributed by atoms with Crippen LogP contribution in [0.2, 0.25) is 0 Å². The van der Waals surface area contributed by atoms with Gasteiger partial charge in [0.05, 0.1) is 11.8 Å². The van der Waals surface area contributed by atoms with Crippen molar-refractivity contribution < 1.29 is 19.8 Å². The minimum atomic E-state index is -1.19. The second kappa shape index (κ2) is 6.74. The fraction of sp³-hybridized carbons (Fsp3) is 0.529. The van der Waals surface area contributed by atoms with Gasteiger partial charge < -0.3 is 10.2 Å². The zero-order valence-corrected chi connectivity index (χ0v) is 12.1. The number of carboxylic acid groups (broad SMARTS) is 2. The Morgan fingerprint density at radius 2 is 1.67 bits per heavy atom. The minimum Gasteiger partial charge on any atom is -0.481 e. The largest absolute Gasteiger partial charge is 0.481 e. The van der Waals surface area contributed by atoms with Gasteiger partial charge in [0.15, 0.2) is 0 Å². The molecule has 114 valence electrons. The highest BCUT2D eigenvalue weighted by Gasteiger charge is 2.47. The average Bonchev–Trinajstić information content (AvgIpc) is 2.48. The third kappa shape index (κ3) is 3.63. The van der Waals surface area contributed by atoms with Gasteiger partial charge in [-0.2, -0.15) is 0 Å². The Balaban J connectivity index is 2.34. The van der Waals surface area contributed by atoms with E-state index in [0.29, 0.717) is 6.42 Å². The molecule has 0 spiro atoms. The number of carbonyl (C=O) groups is 2. The summed E-state index contributed by atoms with van der Waals surface area (Å²) in [6.45, 7) is 0. The summed E-state index contributed by atoms with van der Waals surface area (Å²) in [4.78, 5) is 23.3. The van der Waals surface area contributed by atoms with Crippen molar-refractivity contribution in [3.05, 3.63) is 35.9 Å². The number of aliphatic carboxylic acids is 2. The van der Waals surface area contributed by atoms with E-state index >= 15 is 0 Å². The monoisotopic (exact) mass is 290 g/mol. The molecule has 0 amide bonds. The van der Waals surface area contributed by atoms with E-state index in [1.54, 1.807) is 0 Å². The Kier molecular flexibility index (Phi) is 4.99. The van der Waals surface area contributed by atoms with Crippen LogP contribution in [-0.4, -0.2) is 22.2 Å². The Bertz CT molecular complexity index is 491. The lowest BCUT2D eigenvalue weighted by molar-refractivity contribution is -0.160. The van der Waals surface area contributed by atoms with E-state index in [2.05, 4.69) is 0 Å². The number of hydrogen-bond donors (Lipinski definition) is 2. The van der Waals surface area contributed by atoms with Gasteiger partial charge in [-0.3, -0.25) is 9.59 Å². The highest BCUT2D eigenvalue weighted by Crippen LogP contribution is 2.44. The Morgan fingerprint density at radius 3 is 2.19 bits per heavy atom. The van der Waals surface area contributed by atoms with Gasteiger partial charge in [0, 0.05) is 0 Å². The van der Waals surface area contributed by atoms with Crippen LogP contribution in [-0.2, 0) is 16.0 Å². The van der Waals surface area contributed by atoms with Gasteiger partial charge in [-0.1, -0.05) is 49.6 Å². The van der Waals surface area contributed by atoms with Crippen LogP contribution in [0.15, 0.2) is 30.3 Å². The second-order valence-electron chi connectivity index (χ2n) is 6.03. The van der Waals surface area contributed by atoms with Gasteiger partial charge in [-0.05, 0) is 30.7 Å². The average molecular weight is 290 g/mol. The van der Waals surface area contributed by atoms with Gasteiger partial charge in [-0.15, -0.1) is 0 Å². The number of carboxylic acids is 2. The molecular weight excluding hydrogens is 268 g/mol. The summed E-state index contributed by atoms with van der Waals surface area (Å²) >= 11 is 0. The molecule has 4 nitrogen and oxygen atoms in total. The van der Waals surface area contributed by atoms with Crippen LogP contribution in [0.3, 0.4) is 0 Å². The van der Waals surface area contributed by atoms with Crippen molar-refractivity contribution in [3.63, 3.8) is 0 Å². The summed E-state index contributed by atoms with van der Waals surface area (Å²) in [6.07, 6.45) is 4.72. The van der Waals surface area contributed by atoms with Crippen molar-refractivity contribution >= 4 is 11.9 Å². The van der Waals surface area contributed by atoms with Crippen molar-refractivity contribution in [3.8, 4) is 0 Å². The van der Waals surface area contributed by atoms with E-state index in [1.807, 2.05) is 30.3 Å². The summed E-state index contributed by atoms with van der Waals surface area (Å²) in [6, 6.07) is 9.36. The summed E-state index contributed by atoms with van der Waals surface area (Å²) in [7, 11) is 0. The first kappa shape index (κ1) is 15.5. The fourth-order valence-corrected chi connectivity index (χ4v) is 3.56. The predicted molar refractivity (Wildman–Crippen MR) is 79.0 cm³/mol. The first-order valence-electron chi connectivity index (χ1n) is 7.54. The maximum absolute atomic E-state index is 12.0. The third-order valence-electron chi connectivity index (χ3n) is 4.64. The van der Waals surface area contributed by atoms with Gasteiger partial charge in [0.2, 0.25) is 0 Å². The van der Waals surface area contributed by atoms with E-state index in [-0.39, 0.29) is 12.3 Å². The van der Waals surface area contributed by atoms with Crippen LogP contribution < -0.4 is 0 Å². The number of rotatable bonds is 6. The van der Waals surface area contributed by atoms with E-state index in [1.165, 1.54) is 0 Å². The van der Waals surface area contributed by atoms with Crippen LogP contribution in [0.4, 0.5) is 0 Å². The highest BCUT2D eigenvalue weighted by molar-refractivity contribution is 5.82. The lowest BCUT2D eigenvalue weighted by atomic mass is 9.64. The van der Waals surface area contributed by atoms with Gasteiger partial charge in [-0.25, -0.2) is 0 Å². The van der Waals surface area contributed by atoms with E-state index in [0.717, 1.165) is 37.7 Å². The molecule has 2 rings (SSSR count). The molecule has 0 bridgehead atoms. The Morgan fingerprint density at radius 1 is 1.05 bits per heavy atom. The molecule has 0 aliphatic heterocycles. The lowest BCUT2D eigenvalue weighted by Crippen LogP contribution is -2.43. The topological polar surface area (TPSA) is 74.6 Å². The molecule has 0 radical (unpaired) electrons. The smallest absolute Gasteiger partial charge is 0.310 e. The zero-order chi connectivity index (χ0) is 15.3. The lowest BCUT2D eigenvalue weighted by Gasteiger charge is -2.38. The Hall–Kier alpha value is -1.84. The molecular formula is C17H22O4. The molecule has 1 atom stereocenters. The molecule has 1 fully saturated rings.